The van der Waals surface area contributed by atoms with Crippen molar-refractivity contribution in [2.45, 2.75) is 20.0 Å². The van der Waals surface area contributed by atoms with Crippen molar-refractivity contribution in [1.82, 2.24) is 9.78 Å². The fourth-order valence-electron chi connectivity index (χ4n) is 4.10. The first-order valence-corrected chi connectivity index (χ1v) is 10.9. The summed E-state index contributed by atoms with van der Waals surface area (Å²) in [6, 6.07) is 27.4. The summed E-state index contributed by atoms with van der Waals surface area (Å²) in [6.45, 7) is 2.48. The number of aromatic nitrogens is 2. The Balaban J connectivity index is 1.33. The molecule has 0 unspecified atom stereocenters. The summed E-state index contributed by atoms with van der Waals surface area (Å²) in [5.41, 5.74) is 6.41. The van der Waals surface area contributed by atoms with Crippen molar-refractivity contribution in [3.63, 3.8) is 0 Å². The van der Waals surface area contributed by atoms with Crippen LogP contribution in [-0.4, -0.2) is 22.8 Å². The van der Waals surface area contributed by atoms with Crippen LogP contribution in [0.3, 0.4) is 0 Å². The summed E-state index contributed by atoms with van der Waals surface area (Å²) >= 11 is 0. The van der Waals surface area contributed by atoms with Gasteiger partial charge in [0.2, 0.25) is 0 Å². The van der Waals surface area contributed by atoms with Crippen LogP contribution in [0.5, 0.6) is 11.5 Å². The molecule has 1 aliphatic heterocycles. The number of benzene rings is 3. The molecule has 0 radical (unpaired) electrons. The molecule has 0 bridgehead atoms. The van der Waals surface area contributed by atoms with Gasteiger partial charge in [-0.1, -0.05) is 60.2 Å². The van der Waals surface area contributed by atoms with Crippen LogP contribution in [0.15, 0.2) is 90.5 Å². The minimum absolute atomic E-state index is 0.0946. The summed E-state index contributed by atoms with van der Waals surface area (Å²) in [6.07, 6.45) is 0.691. The molecule has 5 rings (SSSR count). The third kappa shape index (κ3) is 4.17. The summed E-state index contributed by atoms with van der Waals surface area (Å²) in [4.78, 5) is 13.3. The molecule has 0 saturated heterocycles. The van der Waals surface area contributed by atoms with E-state index in [1.54, 1.807) is 11.8 Å². The molecule has 0 amide bonds. The van der Waals surface area contributed by atoms with E-state index in [2.05, 4.69) is 5.10 Å². The fraction of sp³-hybridized carbons (Fsp3) is 0.143. The van der Waals surface area contributed by atoms with Gasteiger partial charge in [0.15, 0.2) is 0 Å². The first-order valence-electron chi connectivity index (χ1n) is 10.9. The number of rotatable bonds is 6. The van der Waals surface area contributed by atoms with Crippen molar-refractivity contribution < 1.29 is 14.3 Å². The van der Waals surface area contributed by atoms with Crippen molar-refractivity contribution in [2.24, 2.45) is 0 Å². The van der Waals surface area contributed by atoms with E-state index < -0.39 is 0 Å². The molecule has 33 heavy (non-hydrogen) atoms. The summed E-state index contributed by atoms with van der Waals surface area (Å²) in [5.74, 6) is 1.48. The van der Waals surface area contributed by atoms with Gasteiger partial charge in [-0.2, -0.15) is 9.78 Å². The van der Waals surface area contributed by atoms with E-state index in [0.29, 0.717) is 18.6 Å². The van der Waals surface area contributed by atoms with Gasteiger partial charge in [0.1, 0.15) is 18.1 Å². The maximum Gasteiger partial charge on any atom is 0.278 e. The van der Waals surface area contributed by atoms with Gasteiger partial charge >= 0.3 is 0 Å². The van der Waals surface area contributed by atoms with Crippen molar-refractivity contribution >= 4 is 11.5 Å². The second-order valence-corrected chi connectivity index (χ2v) is 8.10. The molecule has 2 heterocycles. The molecule has 4 aromatic rings. The van der Waals surface area contributed by atoms with Crippen LogP contribution in [0.2, 0.25) is 0 Å². The monoisotopic (exact) mass is 436 g/mol. The molecule has 0 atom stereocenters. The van der Waals surface area contributed by atoms with Crippen LogP contribution < -0.4 is 9.47 Å². The van der Waals surface area contributed by atoms with Crippen molar-refractivity contribution in [1.29, 1.82) is 0 Å². The summed E-state index contributed by atoms with van der Waals surface area (Å²) in [7, 11) is 1.65. The highest BCUT2D eigenvalue weighted by Gasteiger charge is 2.27. The number of hydrogen-bond donors (Lipinski definition) is 0. The molecule has 1 aliphatic rings. The zero-order valence-corrected chi connectivity index (χ0v) is 18.6. The van der Waals surface area contributed by atoms with Crippen molar-refractivity contribution in [2.75, 3.05) is 7.11 Å². The predicted molar refractivity (Wildman–Crippen MR) is 128 cm³/mol. The smallest absolute Gasteiger partial charge is 0.278 e. The van der Waals surface area contributed by atoms with Gasteiger partial charge in [0.25, 0.3) is 5.91 Å². The third-order valence-corrected chi connectivity index (χ3v) is 5.84. The highest BCUT2D eigenvalue weighted by atomic mass is 16.5. The van der Waals surface area contributed by atoms with Gasteiger partial charge < -0.3 is 9.47 Å². The zero-order chi connectivity index (χ0) is 22.8. The SMILES string of the molecule is COc1ccc(COc2ccc(C3=C(C)Cc4cc(-c5ccccc5)nn4C3=O)cc2)cc1. The zero-order valence-electron chi connectivity index (χ0n) is 18.6. The highest BCUT2D eigenvalue weighted by Crippen LogP contribution is 2.31. The van der Waals surface area contributed by atoms with Crippen LogP contribution in [0.25, 0.3) is 16.8 Å². The largest absolute Gasteiger partial charge is 0.497 e. The Bertz CT molecular complexity index is 1320. The van der Waals surface area contributed by atoms with Crippen LogP contribution in [0.1, 0.15) is 28.5 Å². The molecule has 0 N–H and O–H groups in total. The Morgan fingerprint density at radius 3 is 2.27 bits per heavy atom. The first-order chi connectivity index (χ1) is 16.1. The number of allylic oxidation sites excluding steroid dienone is 2. The van der Waals surface area contributed by atoms with E-state index in [-0.39, 0.29) is 5.91 Å². The Labute approximate surface area is 192 Å². The lowest BCUT2D eigenvalue weighted by molar-refractivity contribution is 0.0958. The minimum atomic E-state index is -0.0946. The Morgan fingerprint density at radius 1 is 0.879 bits per heavy atom. The van der Waals surface area contributed by atoms with E-state index in [1.807, 2.05) is 91.9 Å². The number of hydrogen-bond acceptors (Lipinski definition) is 4. The standard InChI is InChI=1S/C28H24N2O3/c1-19-16-23-17-26(21-6-4-3-5-7-21)29-30(23)28(31)27(19)22-10-14-25(15-11-22)33-18-20-8-12-24(32-2)13-9-20/h3-15,17H,16,18H2,1-2H3. The summed E-state index contributed by atoms with van der Waals surface area (Å²) in [5, 5.41) is 4.60. The average molecular weight is 437 g/mol. The van der Waals surface area contributed by atoms with Gasteiger partial charge in [-0.25, -0.2) is 0 Å². The lowest BCUT2D eigenvalue weighted by Gasteiger charge is -2.18. The van der Waals surface area contributed by atoms with Gasteiger partial charge in [0.05, 0.1) is 18.5 Å². The third-order valence-electron chi connectivity index (χ3n) is 5.84. The molecule has 3 aromatic carbocycles. The maximum atomic E-state index is 13.3. The van der Waals surface area contributed by atoms with Crippen LogP contribution >= 0.6 is 0 Å². The second kappa shape index (κ2) is 8.79. The second-order valence-electron chi connectivity index (χ2n) is 8.10. The van der Waals surface area contributed by atoms with Crippen LogP contribution in [0, 0.1) is 0 Å². The molecule has 5 nitrogen and oxygen atoms in total. The topological polar surface area (TPSA) is 53.4 Å². The quantitative estimate of drug-likeness (QED) is 0.383. The van der Waals surface area contributed by atoms with Crippen molar-refractivity contribution in [3.8, 4) is 22.8 Å². The highest BCUT2D eigenvalue weighted by molar-refractivity contribution is 6.22. The molecule has 5 heteroatoms. The predicted octanol–water partition coefficient (Wildman–Crippen LogP) is 5.81. The Morgan fingerprint density at radius 2 is 1.58 bits per heavy atom. The number of carbonyl (C=O) groups excluding carboxylic acids is 1. The lowest BCUT2D eigenvalue weighted by atomic mass is 9.94. The Hall–Kier alpha value is -4.12. The van der Waals surface area contributed by atoms with Crippen LogP contribution in [0.4, 0.5) is 0 Å². The van der Waals surface area contributed by atoms with Gasteiger partial charge in [-0.15, -0.1) is 0 Å². The fourth-order valence-corrected chi connectivity index (χ4v) is 4.10. The minimum Gasteiger partial charge on any atom is -0.497 e. The molecule has 0 aliphatic carbocycles. The van der Waals surface area contributed by atoms with Gasteiger partial charge in [0, 0.05) is 17.6 Å². The number of fused-ring (bicyclic) bond motifs is 1. The average Bonchev–Trinajstić information content (AvgIpc) is 3.29. The van der Waals surface area contributed by atoms with E-state index in [4.69, 9.17) is 9.47 Å². The van der Waals surface area contributed by atoms with E-state index in [9.17, 15) is 4.79 Å². The normalized spacial score (nSPS) is 13.1. The maximum absolute atomic E-state index is 13.3. The van der Waals surface area contributed by atoms with Crippen molar-refractivity contribution in [3.05, 3.63) is 107 Å². The van der Waals surface area contributed by atoms with E-state index in [0.717, 1.165) is 45.2 Å². The molecular weight excluding hydrogens is 412 g/mol. The molecular formula is C28H24N2O3. The molecule has 0 fully saturated rings. The van der Waals surface area contributed by atoms with E-state index in [1.165, 1.54) is 0 Å². The summed E-state index contributed by atoms with van der Waals surface area (Å²) < 4.78 is 12.6. The van der Waals surface area contributed by atoms with Gasteiger partial charge in [-0.3, -0.25) is 4.79 Å². The number of carbonyl (C=O) groups is 1. The van der Waals surface area contributed by atoms with E-state index >= 15 is 0 Å². The lowest BCUT2D eigenvalue weighted by Crippen LogP contribution is -2.23. The Kier molecular flexibility index (Phi) is 5.53. The molecule has 1 aromatic heterocycles. The molecule has 0 spiro atoms. The number of nitrogens with zero attached hydrogens (tertiary/aromatic N) is 2. The molecule has 164 valence electrons. The molecule has 0 saturated carbocycles. The van der Waals surface area contributed by atoms with Crippen LogP contribution in [-0.2, 0) is 13.0 Å². The van der Waals surface area contributed by atoms with Gasteiger partial charge in [-0.05, 0) is 48.4 Å². The first kappa shape index (κ1) is 20.8. The number of methoxy groups -OCH3 is 1. The number of ether oxygens (including phenoxy) is 2.